The maximum Gasteiger partial charge on any atom is 0.134 e. The van der Waals surface area contributed by atoms with Crippen molar-refractivity contribution >= 4 is 28.6 Å². The zero-order valence-electron chi connectivity index (χ0n) is 10.5. The Morgan fingerprint density at radius 3 is 2.71 bits per heavy atom. The standard InChI is InChI=1S/C15H17ClO/c1-10(2)12(9-16)8-14-11(3)17-15-7-5-4-6-13(14)15/h4-8,10H,9H2,1-3H3/b12-8+. The van der Waals surface area contributed by atoms with Gasteiger partial charge < -0.3 is 4.42 Å². The molecule has 2 rings (SSSR count). The van der Waals surface area contributed by atoms with Gasteiger partial charge in [-0.05, 0) is 18.9 Å². The Hall–Kier alpha value is -1.21. The average Bonchev–Trinajstić information content (AvgIpc) is 2.61. The minimum atomic E-state index is 0.459. The molecule has 1 heterocycles. The molecule has 0 fully saturated rings. The van der Waals surface area contributed by atoms with Gasteiger partial charge in [0, 0.05) is 16.8 Å². The average molecular weight is 249 g/mol. The molecule has 0 aliphatic rings. The summed E-state index contributed by atoms with van der Waals surface area (Å²) < 4.78 is 5.74. The highest BCUT2D eigenvalue weighted by atomic mass is 35.5. The number of para-hydroxylation sites is 1. The van der Waals surface area contributed by atoms with Crippen LogP contribution in [0.25, 0.3) is 17.0 Å². The number of halogens is 1. The van der Waals surface area contributed by atoms with Gasteiger partial charge in [-0.1, -0.05) is 43.7 Å². The van der Waals surface area contributed by atoms with Crippen LogP contribution in [0, 0.1) is 12.8 Å². The molecule has 0 aliphatic heterocycles. The minimum Gasteiger partial charge on any atom is -0.461 e. The summed E-state index contributed by atoms with van der Waals surface area (Å²) in [4.78, 5) is 0. The largest absolute Gasteiger partial charge is 0.461 e. The lowest BCUT2D eigenvalue weighted by Crippen LogP contribution is -1.95. The van der Waals surface area contributed by atoms with E-state index >= 15 is 0 Å². The van der Waals surface area contributed by atoms with Gasteiger partial charge in [0.2, 0.25) is 0 Å². The van der Waals surface area contributed by atoms with Crippen LogP contribution in [-0.2, 0) is 0 Å². The van der Waals surface area contributed by atoms with E-state index in [1.165, 1.54) is 5.57 Å². The molecule has 2 aromatic rings. The van der Waals surface area contributed by atoms with Crippen LogP contribution in [0.3, 0.4) is 0 Å². The Bertz CT molecular complexity index is 549. The summed E-state index contributed by atoms with van der Waals surface area (Å²) in [5.74, 6) is 1.98. The van der Waals surface area contributed by atoms with Gasteiger partial charge in [0.15, 0.2) is 0 Å². The Kier molecular flexibility index (Phi) is 3.58. The van der Waals surface area contributed by atoms with Crippen molar-refractivity contribution in [3.8, 4) is 0 Å². The summed E-state index contributed by atoms with van der Waals surface area (Å²) in [5.41, 5.74) is 3.33. The molecule has 0 spiro atoms. The van der Waals surface area contributed by atoms with Crippen molar-refractivity contribution in [1.82, 2.24) is 0 Å². The molecule has 0 radical (unpaired) electrons. The van der Waals surface area contributed by atoms with Crippen molar-refractivity contribution in [3.63, 3.8) is 0 Å². The number of alkyl halides is 1. The van der Waals surface area contributed by atoms with Crippen LogP contribution in [0.5, 0.6) is 0 Å². The Balaban J connectivity index is 2.58. The third-order valence-electron chi connectivity index (χ3n) is 3.05. The molecule has 2 heteroatoms. The summed E-state index contributed by atoms with van der Waals surface area (Å²) in [6, 6.07) is 8.10. The lowest BCUT2D eigenvalue weighted by molar-refractivity contribution is 0.577. The number of fused-ring (bicyclic) bond motifs is 1. The molecule has 1 aromatic carbocycles. The molecule has 0 saturated heterocycles. The van der Waals surface area contributed by atoms with E-state index in [2.05, 4.69) is 26.0 Å². The van der Waals surface area contributed by atoms with Crippen LogP contribution in [0.2, 0.25) is 0 Å². The quantitative estimate of drug-likeness (QED) is 0.695. The summed E-state index contributed by atoms with van der Waals surface area (Å²) >= 11 is 5.98. The number of hydrogen-bond acceptors (Lipinski definition) is 1. The van der Waals surface area contributed by atoms with E-state index < -0.39 is 0 Å². The summed E-state index contributed by atoms with van der Waals surface area (Å²) in [5, 5.41) is 1.16. The zero-order valence-corrected chi connectivity index (χ0v) is 11.2. The molecule has 1 aromatic heterocycles. The van der Waals surface area contributed by atoms with Crippen LogP contribution < -0.4 is 0 Å². The van der Waals surface area contributed by atoms with E-state index in [9.17, 15) is 0 Å². The molecule has 1 nitrogen and oxygen atoms in total. The van der Waals surface area contributed by atoms with E-state index in [-0.39, 0.29) is 0 Å². The number of hydrogen-bond donors (Lipinski definition) is 0. The van der Waals surface area contributed by atoms with Crippen molar-refractivity contribution in [2.75, 3.05) is 5.88 Å². The summed E-state index contributed by atoms with van der Waals surface area (Å²) in [7, 11) is 0. The molecule has 0 atom stereocenters. The number of rotatable bonds is 3. The SMILES string of the molecule is Cc1oc2ccccc2c1/C=C(\CCl)C(C)C. The van der Waals surface area contributed by atoms with Crippen molar-refractivity contribution in [2.24, 2.45) is 5.92 Å². The molecular weight excluding hydrogens is 232 g/mol. The van der Waals surface area contributed by atoms with Gasteiger partial charge in [-0.2, -0.15) is 0 Å². The van der Waals surface area contributed by atoms with Crippen molar-refractivity contribution in [3.05, 3.63) is 41.2 Å². The van der Waals surface area contributed by atoms with E-state index in [0.717, 1.165) is 22.3 Å². The molecule has 17 heavy (non-hydrogen) atoms. The monoisotopic (exact) mass is 248 g/mol. The predicted molar refractivity (Wildman–Crippen MR) is 74.5 cm³/mol. The summed E-state index contributed by atoms with van der Waals surface area (Å²) in [6.07, 6.45) is 2.17. The second kappa shape index (κ2) is 4.97. The van der Waals surface area contributed by atoms with Gasteiger partial charge in [-0.15, -0.1) is 11.6 Å². The van der Waals surface area contributed by atoms with E-state index in [4.69, 9.17) is 16.0 Å². The molecule has 0 bridgehead atoms. The topological polar surface area (TPSA) is 13.1 Å². The first kappa shape index (κ1) is 12.3. The van der Waals surface area contributed by atoms with Crippen molar-refractivity contribution < 1.29 is 4.42 Å². The molecule has 0 saturated carbocycles. The van der Waals surface area contributed by atoms with Crippen LogP contribution in [0.15, 0.2) is 34.3 Å². The second-order valence-electron chi connectivity index (χ2n) is 4.58. The first-order chi connectivity index (χ1) is 8.13. The van der Waals surface area contributed by atoms with E-state index in [1.807, 2.05) is 25.1 Å². The number of allylic oxidation sites excluding steroid dienone is 1. The molecule has 0 amide bonds. The lowest BCUT2D eigenvalue weighted by atomic mass is 10.0. The fourth-order valence-corrected chi connectivity index (χ4v) is 2.30. The molecule has 0 aliphatic carbocycles. The minimum absolute atomic E-state index is 0.459. The van der Waals surface area contributed by atoms with Crippen molar-refractivity contribution in [2.45, 2.75) is 20.8 Å². The van der Waals surface area contributed by atoms with Gasteiger partial charge in [-0.3, -0.25) is 0 Å². The molecule has 90 valence electrons. The van der Waals surface area contributed by atoms with Gasteiger partial charge in [0.05, 0.1) is 0 Å². The maximum absolute atomic E-state index is 5.98. The third kappa shape index (κ3) is 2.39. The zero-order chi connectivity index (χ0) is 12.4. The fraction of sp³-hybridized carbons (Fsp3) is 0.333. The molecular formula is C15H17ClO. The Morgan fingerprint density at radius 1 is 1.35 bits per heavy atom. The normalized spacial score (nSPS) is 12.6. The van der Waals surface area contributed by atoms with Crippen molar-refractivity contribution in [1.29, 1.82) is 0 Å². The number of benzene rings is 1. The summed E-state index contributed by atoms with van der Waals surface area (Å²) in [6.45, 7) is 6.32. The molecule has 0 unspecified atom stereocenters. The Labute approximate surface area is 107 Å². The van der Waals surface area contributed by atoms with Gasteiger partial charge in [0.25, 0.3) is 0 Å². The smallest absolute Gasteiger partial charge is 0.134 e. The van der Waals surface area contributed by atoms with E-state index in [1.54, 1.807) is 0 Å². The fourth-order valence-electron chi connectivity index (χ4n) is 1.91. The van der Waals surface area contributed by atoms with Gasteiger partial charge in [0.1, 0.15) is 11.3 Å². The van der Waals surface area contributed by atoms with Gasteiger partial charge >= 0.3 is 0 Å². The predicted octanol–water partition coefficient (Wildman–Crippen LogP) is 5.02. The van der Waals surface area contributed by atoms with Gasteiger partial charge in [-0.25, -0.2) is 0 Å². The number of furan rings is 1. The molecule has 0 N–H and O–H groups in total. The Morgan fingerprint density at radius 2 is 2.06 bits per heavy atom. The lowest BCUT2D eigenvalue weighted by Gasteiger charge is -2.07. The highest BCUT2D eigenvalue weighted by molar-refractivity contribution is 6.19. The van der Waals surface area contributed by atoms with E-state index in [0.29, 0.717) is 11.8 Å². The highest BCUT2D eigenvalue weighted by Crippen LogP contribution is 2.28. The van der Waals surface area contributed by atoms with Crippen LogP contribution >= 0.6 is 11.6 Å². The van der Waals surface area contributed by atoms with Crippen LogP contribution in [-0.4, -0.2) is 5.88 Å². The van der Waals surface area contributed by atoms with Crippen LogP contribution in [0.4, 0.5) is 0 Å². The number of aryl methyl sites for hydroxylation is 1. The first-order valence-electron chi connectivity index (χ1n) is 5.88. The second-order valence-corrected chi connectivity index (χ2v) is 4.84. The van der Waals surface area contributed by atoms with Crippen LogP contribution in [0.1, 0.15) is 25.2 Å². The third-order valence-corrected chi connectivity index (χ3v) is 3.35. The highest BCUT2D eigenvalue weighted by Gasteiger charge is 2.10. The maximum atomic E-state index is 5.98. The first-order valence-corrected chi connectivity index (χ1v) is 6.41.